The average molecular weight is 320 g/mol. The number of carbonyl (C=O) groups excluding carboxylic acids is 1. The molecule has 1 heterocycles. The van der Waals surface area contributed by atoms with Gasteiger partial charge in [-0.15, -0.1) is 0 Å². The quantitative estimate of drug-likeness (QED) is 0.897. The van der Waals surface area contributed by atoms with Crippen LogP contribution in [-0.4, -0.2) is 45.7 Å². The topological polar surface area (TPSA) is 78.4 Å². The largest absolute Gasteiger partial charge is 0.396 e. The number of carbonyl (C=O) groups is 1. The van der Waals surface area contributed by atoms with Crippen molar-refractivity contribution >= 4 is 11.7 Å². The molecule has 2 amide bonds. The number of aliphatic hydroxyl groups is 1. The van der Waals surface area contributed by atoms with Crippen molar-refractivity contribution < 1.29 is 9.90 Å². The van der Waals surface area contributed by atoms with E-state index >= 15 is 0 Å². The molecule has 6 heteroatoms. The van der Waals surface area contributed by atoms with Gasteiger partial charge in [0, 0.05) is 25.1 Å². The fraction of sp³-hybridized carbons (Fsp3) is 0.706. The van der Waals surface area contributed by atoms with Gasteiger partial charge in [0.15, 0.2) is 0 Å². The first-order valence-electron chi connectivity index (χ1n) is 8.28. The van der Waals surface area contributed by atoms with Gasteiger partial charge in [0.1, 0.15) is 5.82 Å². The third-order valence-electron chi connectivity index (χ3n) is 4.52. The Morgan fingerprint density at radius 1 is 1.26 bits per heavy atom. The molecule has 0 saturated heterocycles. The van der Waals surface area contributed by atoms with Crippen LogP contribution in [0.4, 0.5) is 10.5 Å². The molecule has 128 valence electrons. The summed E-state index contributed by atoms with van der Waals surface area (Å²) in [6.45, 7) is 6.41. The first-order valence-corrected chi connectivity index (χ1v) is 8.28. The van der Waals surface area contributed by atoms with Crippen molar-refractivity contribution in [2.75, 3.05) is 19.0 Å². The van der Waals surface area contributed by atoms with E-state index in [2.05, 4.69) is 36.1 Å². The Kier molecular flexibility index (Phi) is 5.57. The third kappa shape index (κ3) is 4.64. The standard InChI is InChI=1S/C17H28N4O2/c1-17(2,3)15-18-9-13(10-19-15)20-16(23)21(4)14-7-5-12(11-22)6-8-14/h9-10,12,14,22H,5-8,11H2,1-4H3,(H,20,23). The Morgan fingerprint density at radius 3 is 2.30 bits per heavy atom. The molecule has 2 N–H and O–H groups in total. The lowest BCUT2D eigenvalue weighted by atomic mass is 9.86. The Bertz CT molecular complexity index is 516. The molecule has 1 aromatic rings. The molecule has 1 aromatic heterocycles. The summed E-state index contributed by atoms with van der Waals surface area (Å²) in [6.07, 6.45) is 7.14. The molecule has 0 radical (unpaired) electrons. The molecule has 1 fully saturated rings. The summed E-state index contributed by atoms with van der Waals surface area (Å²) in [4.78, 5) is 22.8. The zero-order valence-corrected chi connectivity index (χ0v) is 14.5. The number of urea groups is 1. The Labute approximate surface area is 138 Å². The molecule has 1 saturated carbocycles. The fourth-order valence-corrected chi connectivity index (χ4v) is 2.87. The van der Waals surface area contributed by atoms with Crippen LogP contribution in [0.15, 0.2) is 12.4 Å². The molecule has 1 aliphatic rings. The predicted octanol–water partition coefficient (Wildman–Crippen LogP) is 2.79. The van der Waals surface area contributed by atoms with Crippen molar-refractivity contribution in [1.82, 2.24) is 14.9 Å². The summed E-state index contributed by atoms with van der Waals surface area (Å²) in [7, 11) is 1.82. The van der Waals surface area contributed by atoms with Crippen LogP contribution in [0.3, 0.4) is 0 Å². The van der Waals surface area contributed by atoms with Crippen LogP contribution < -0.4 is 5.32 Å². The van der Waals surface area contributed by atoms with Gasteiger partial charge in [0.25, 0.3) is 0 Å². The molecule has 0 atom stereocenters. The summed E-state index contributed by atoms with van der Waals surface area (Å²) in [6, 6.07) is 0.0946. The molecule has 2 rings (SSSR count). The summed E-state index contributed by atoms with van der Waals surface area (Å²) >= 11 is 0. The Hall–Kier alpha value is -1.69. The van der Waals surface area contributed by atoms with Gasteiger partial charge >= 0.3 is 6.03 Å². The number of hydrogen-bond donors (Lipinski definition) is 2. The zero-order valence-electron chi connectivity index (χ0n) is 14.5. The SMILES string of the molecule is CN(C(=O)Nc1cnc(C(C)(C)C)nc1)C1CCC(CO)CC1. The average Bonchev–Trinajstić information content (AvgIpc) is 2.54. The van der Waals surface area contributed by atoms with E-state index in [9.17, 15) is 9.90 Å². The van der Waals surface area contributed by atoms with E-state index in [1.165, 1.54) is 0 Å². The highest BCUT2D eigenvalue weighted by Gasteiger charge is 2.26. The minimum absolute atomic E-state index is 0.106. The second-order valence-corrected chi connectivity index (χ2v) is 7.44. The van der Waals surface area contributed by atoms with E-state index in [-0.39, 0.29) is 24.1 Å². The fourth-order valence-electron chi connectivity index (χ4n) is 2.87. The van der Waals surface area contributed by atoms with E-state index in [0.717, 1.165) is 31.5 Å². The molecule has 1 aliphatic carbocycles. The Balaban J connectivity index is 1.91. The summed E-state index contributed by atoms with van der Waals surface area (Å²) in [5, 5.41) is 12.0. The van der Waals surface area contributed by atoms with E-state index in [1.54, 1.807) is 17.3 Å². The maximum Gasteiger partial charge on any atom is 0.321 e. The predicted molar refractivity (Wildman–Crippen MR) is 90.3 cm³/mol. The van der Waals surface area contributed by atoms with Crippen LogP contribution >= 0.6 is 0 Å². The second-order valence-electron chi connectivity index (χ2n) is 7.44. The second kappa shape index (κ2) is 7.25. The lowest BCUT2D eigenvalue weighted by Gasteiger charge is -2.34. The maximum absolute atomic E-state index is 12.4. The minimum atomic E-state index is -0.135. The molecular weight excluding hydrogens is 292 g/mol. The molecular formula is C17H28N4O2. The van der Waals surface area contributed by atoms with Gasteiger partial charge in [-0.2, -0.15) is 0 Å². The number of amides is 2. The lowest BCUT2D eigenvalue weighted by Crippen LogP contribution is -2.42. The van der Waals surface area contributed by atoms with Gasteiger partial charge in [0.05, 0.1) is 18.1 Å². The van der Waals surface area contributed by atoms with Gasteiger partial charge in [0.2, 0.25) is 0 Å². The van der Waals surface area contributed by atoms with Gasteiger partial charge in [-0.05, 0) is 31.6 Å². The number of anilines is 1. The van der Waals surface area contributed by atoms with Gasteiger partial charge < -0.3 is 15.3 Å². The summed E-state index contributed by atoms with van der Waals surface area (Å²) in [5.41, 5.74) is 0.504. The molecule has 23 heavy (non-hydrogen) atoms. The lowest BCUT2D eigenvalue weighted by molar-refractivity contribution is 0.139. The zero-order chi connectivity index (χ0) is 17.0. The van der Waals surface area contributed by atoms with Crippen LogP contribution in [0, 0.1) is 5.92 Å². The summed E-state index contributed by atoms with van der Waals surface area (Å²) in [5.74, 6) is 1.15. The van der Waals surface area contributed by atoms with Gasteiger partial charge in [-0.1, -0.05) is 20.8 Å². The number of aliphatic hydroxyl groups excluding tert-OH is 1. The smallest absolute Gasteiger partial charge is 0.321 e. The van der Waals surface area contributed by atoms with Crippen molar-refractivity contribution in [2.24, 2.45) is 5.92 Å². The number of hydrogen-bond acceptors (Lipinski definition) is 4. The monoisotopic (exact) mass is 320 g/mol. The molecule has 0 aliphatic heterocycles. The minimum Gasteiger partial charge on any atom is -0.396 e. The molecule has 0 bridgehead atoms. The van der Waals surface area contributed by atoms with Crippen molar-refractivity contribution in [1.29, 1.82) is 0 Å². The summed E-state index contributed by atoms with van der Waals surface area (Å²) < 4.78 is 0. The van der Waals surface area contributed by atoms with Crippen LogP contribution in [0.1, 0.15) is 52.3 Å². The third-order valence-corrected chi connectivity index (χ3v) is 4.52. The van der Waals surface area contributed by atoms with Gasteiger partial charge in [-0.3, -0.25) is 0 Å². The van der Waals surface area contributed by atoms with Crippen LogP contribution in [0.5, 0.6) is 0 Å². The maximum atomic E-state index is 12.4. The highest BCUT2D eigenvalue weighted by molar-refractivity contribution is 5.88. The van der Waals surface area contributed by atoms with Crippen molar-refractivity contribution in [3.63, 3.8) is 0 Å². The number of nitrogens with zero attached hydrogens (tertiary/aromatic N) is 3. The van der Waals surface area contributed by atoms with E-state index in [1.807, 2.05) is 7.05 Å². The normalized spacial score (nSPS) is 21.8. The molecule has 6 nitrogen and oxygen atoms in total. The Morgan fingerprint density at radius 2 is 1.83 bits per heavy atom. The van der Waals surface area contributed by atoms with Crippen LogP contribution in [0.25, 0.3) is 0 Å². The van der Waals surface area contributed by atoms with E-state index in [4.69, 9.17) is 0 Å². The highest BCUT2D eigenvalue weighted by atomic mass is 16.3. The van der Waals surface area contributed by atoms with Gasteiger partial charge in [-0.25, -0.2) is 14.8 Å². The van der Waals surface area contributed by atoms with Crippen molar-refractivity contribution in [3.05, 3.63) is 18.2 Å². The highest BCUT2D eigenvalue weighted by Crippen LogP contribution is 2.27. The van der Waals surface area contributed by atoms with Crippen molar-refractivity contribution in [2.45, 2.75) is 57.9 Å². The molecule has 0 spiro atoms. The van der Waals surface area contributed by atoms with E-state index in [0.29, 0.717) is 11.6 Å². The first kappa shape index (κ1) is 17.7. The molecule has 0 aromatic carbocycles. The number of rotatable bonds is 3. The number of aromatic nitrogens is 2. The number of nitrogens with one attached hydrogen (secondary N) is 1. The van der Waals surface area contributed by atoms with Crippen LogP contribution in [-0.2, 0) is 5.41 Å². The van der Waals surface area contributed by atoms with Crippen LogP contribution in [0.2, 0.25) is 0 Å². The van der Waals surface area contributed by atoms with Crippen molar-refractivity contribution in [3.8, 4) is 0 Å². The van der Waals surface area contributed by atoms with E-state index < -0.39 is 0 Å². The molecule has 0 unspecified atom stereocenters. The first-order chi connectivity index (χ1) is 10.8.